The number of amides is 2. The Morgan fingerprint density at radius 3 is 2.43 bits per heavy atom. The molecular formula is C23H29FN2O3S. The quantitative estimate of drug-likeness (QED) is 0.616. The highest BCUT2D eigenvalue weighted by Gasteiger charge is 2.26. The lowest BCUT2D eigenvalue weighted by atomic mass is 10.1. The lowest BCUT2D eigenvalue weighted by Gasteiger charge is -2.29. The van der Waals surface area contributed by atoms with Crippen molar-refractivity contribution in [1.29, 1.82) is 0 Å². The lowest BCUT2D eigenvalue weighted by Crippen LogP contribution is -2.49. The van der Waals surface area contributed by atoms with Crippen molar-refractivity contribution in [2.24, 2.45) is 0 Å². The number of thioether (sulfide) groups is 1. The maximum atomic E-state index is 13.0. The molecular weight excluding hydrogens is 403 g/mol. The van der Waals surface area contributed by atoms with Crippen LogP contribution in [-0.4, -0.2) is 41.7 Å². The third kappa shape index (κ3) is 7.37. The van der Waals surface area contributed by atoms with Gasteiger partial charge in [0.15, 0.2) is 0 Å². The molecule has 30 heavy (non-hydrogen) atoms. The molecule has 2 aromatic rings. The molecule has 1 atom stereocenters. The molecule has 0 aromatic heterocycles. The molecule has 0 fully saturated rings. The van der Waals surface area contributed by atoms with Gasteiger partial charge < -0.3 is 15.0 Å². The van der Waals surface area contributed by atoms with Gasteiger partial charge in [-0.25, -0.2) is 4.39 Å². The number of methoxy groups -OCH3 is 1. The molecule has 0 radical (unpaired) electrons. The smallest absolute Gasteiger partial charge is 0.242 e. The van der Waals surface area contributed by atoms with E-state index in [0.29, 0.717) is 18.0 Å². The van der Waals surface area contributed by atoms with Crippen LogP contribution in [0.2, 0.25) is 0 Å². The van der Waals surface area contributed by atoms with Gasteiger partial charge in [-0.05, 0) is 56.2 Å². The number of hydrogen-bond donors (Lipinski definition) is 1. The second-order valence-corrected chi connectivity index (χ2v) is 8.32. The summed E-state index contributed by atoms with van der Waals surface area (Å²) in [6.07, 6.45) is 0. The average Bonchev–Trinajstić information content (AvgIpc) is 2.72. The minimum absolute atomic E-state index is 0.0124. The molecule has 7 heteroatoms. The second-order valence-electron chi connectivity index (χ2n) is 7.33. The predicted octanol–water partition coefficient (Wildman–Crippen LogP) is 4.01. The first-order chi connectivity index (χ1) is 14.3. The normalized spacial score (nSPS) is 11.8. The fourth-order valence-corrected chi connectivity index (χ4v) is 3.75. The Morgan fingerprint density at radius 2 is 1.80 bits per heavy atom. The van der Waals surface area contributed by atoms with E-state index in [0.717, 1.165) is 11.1 Å². The third-order valence-corrected chi connectivity index (χ3v) is 5.48. The van der Waals surface area contributed by atoms with Gasteiger partial charge in [-0.1, -0.05) is 24.3 Å². The number of nitrogens with zero attached hydrogens (tertiary/aromatic N) is 1. The van der Waals surface area contributed by atoms with E-state index in [1.807, 2.05) is 38.1 Å². The van der Waals surface area contributed by atoms with Gasteiger partial charge in [-0.15, -0.1) is 11.8 Å². The molecule has 0 aliphatic heterocycles. The summed E-state index contributed by atoms with van der Waals surface area (Å²) in [6, 6.07) is 13.1. The van der Waals surface area contributed by atoms with E-state index in [9.17, 15) is 14.0 Å². The molecule has 162 valence electrons. The molecule has 0 saturated heterocycles. The van der Waals surface area contributed by atoms with Gasteiger partial charge in [0.25, 0.3) is 0 Å². The van der Waals surface area contributed by atoms with Gasteiger partial charge in [-0.3, -0.25) is 9.59 Å². The summed E-state index contributed by atoms with van der Waals surface area (Å²) < 4.78 is 18.3. The second kappa shape index (κ2) is 11.6. The number of ether oxygens (including phenoxy) is 1. The van der Waals surface area contributed by atoms with Crippen molar-refractivity contribution in [2.75, 3.05) is 12.9 Å². The van der Waals surface area contributed by atoms with E-state index in [2.05, 4.69) is 5.32 Å². The Labute approximate surface area is 182 Å². The molecule has 2 aromatic carbocycles. The summed E-state index contributed by atoms with van der Waals surface area (Å²) in [7, 11) is 1.59. The first kappa shape index (κ1) is 23.7. The minimum atomic E-state index is -0.613. The van der Waals surface area contributed by atoms with Crippen molar-refractivity contribution in [3.63, 3.8) is 0 Å². The Balaban J connectivity index is 2.08. The molecule has 0 heterocycles. The van der Waals surface area contributed by atoms with Crippen LogP contribution < -0.4 is 10.1 Å². The third-order valence-electron chi connectivity index (χ3n) is 4.49. The summed E-state index contributed by atoms with van der Waals surface area (Å²) in [5.74, 6) is 0.909. The summed E-state index contributed by atoms with van der Waals surface area (Å²) in [4.78, 5) is 27.2. The molecule has 5 nitrogen and oxygen atoms in total. The predicted molar refractivity (Wildman–Crippen MR) is 119 cm³/mol. The highest BCUT2D eigenvalue weighted by molar-refractivity contribution is 7.99. The van der Waals surface area contributed by atoms with Gasteiger partial charge >= 0.3 is 0 Å². The zero-order valence-electron chi connectivity index (χ0n) is 17.9. The summed E-state index contributed by atoms with van der Waals surface area (Å²) in [5, 5.41) is 2.87. The highest BCUT2D eigenvalue weighted by atomic mass is 32.2. The van der Waals surface area contributed by atoms with Crippen LogP contribution in [0.4, 0.5) is 4.39 Å². The van der Waals surface area contributed by atoms with Gasteiger partial charge in [0.2, 0.25) is 11.8 Å². The fourth-order valence-electron chi connectivity index (χ4n) is 2.87. The molecule has 0 aliphatic carbocycles. The van der Waals surface area contributed by atoms with E-state index in [-0.39, 0.29) is 29.4 Å². The van der Waals surface area contributed by atoms with Gasteiger partial charge in [0.05, 0.1) is 12.9 Å². The monoisotopic (exact) mass is 432 g/mol. The van der Waals surface area contributed by atoms with Crippen LogP contribution in [0, 0.1) is 5.82 Å². The van der Waals surface area contributed by atoms with Crippen molar-refractivity contribution in [3.05, 3.63) is 65.5 Å². The number of carbonyl (C=O) groups excluding carboxylic acids is 2. The van der Waals surface area contributed by atoms with E-state index in [1.165, 1.54) is 23.9 Å². The van der Waals surface area contributed by atoms with Crippen molar-refractivity contribution >= 4 is 23.6 Å². The van der Waals surface area contributed by atoms with Crippen LogP contribution >= 0.6 is 11.8 Å². The fraction of sp³-hybridized carbons (Fsp3) is 0.391. The van der Waals surface area contributed by atoms with Crippen LogP contribution in [0.25, 0.3) is 0 Å². The van der Waals surface area contributed by atoms with Crippen molar-refractivity contribution in [2.45, 2.75) is 45.2 Å². The van der Waals surface area contributed by atoms with Crippen LogP contribution in [-0.2, 0) is 21.9 Å². The van der Waals surface area contributed by atoms with E-state index in [4.69, 9.17) is 4.74 Å². The number of benzene rings is 2. The highest BCUT2D eigenvalue weighted by Crippen LogP contribution is 2.19. The number of halogens is 1. The van der Waals surface area contributed by atoms with E-state index < -0.39 is 6.04 Å². The molecule has 0 unspecified atom stereocenters. The number of rotatable bonds is 10. The molecule has 0 bridgehead atoms. The number of hydrogen-bond acceptors (Lipinski definition) is 4. The zero-order valence-corrected chi connectivity index (χ0v) is 18.7. The van der Waals surface area contributed by atoms with Crippen LogP contribution in [0.5, 0.6) is 5.75 Å². The largest absolute Gasteiger partial charge is 0.497 e. The first-order valence-corrected chi connectivity index (χ1v) is 11.0. The number of nitrogens with one attached hydrogen (secondary N) is 1. The summed E-state index contributed by atoms with van der Waals surface area (Å²) in [5.41, 5.74) is 1.83. The summed E-state index contributed by atoms with van der Waals surface area (Å²) >= 11 is 1.44. The van der Waals surface area contributed by atoms with Crippen LogP contribution in [0.3, 0.4) is 0 Å². The maximum absolute atomic E-state index is 13.0. The molecule has 0 spiro atoms. The Morgan fingerprint density at radius 1 is 1.10 bits per heavy atom. The SMILES string of the molecule is COc1cccc(CN(C(=O)CSCc2ccc(F)cc2)[C@H](C)C(=O)NC(C)C)c1. The van der Waals surface area contributed by atoms with E-state index in [1.54, 1.807) is 31.1 Å². The minimum Gasteiger partial charge on any atom is -0.497 e. The molecule has 1 N–H and O–H groups in total. The lowest BCUT2D eigenvalue weighted by molar-refractivity contribution is -0.138. The van der Waals surface area contributed by atoms with Crippen LogP contribution in [0.1, 0.15) is 31.9 Å². The standard InChI is InChI=1S/C23H29FN2O3S/c1-16(2)25-23(28)17(3)26(13-19-6-5-7-21(12-19)29-4)22(27)15-30-14-18-8-10-20(24)11-9-18/h5-12,16-17H,13-15H2,1-4H3,(H,25,28)/t17-/m1/s1. The van der Waals surface area contributed by atoms with Crippen LogP contribution in [0.15, 0.2) is 48.5 Å². The Bertz CT molecular complexity index is 843. The van der Waals surface area contributed by atoms with E-state index >= 15 is 0 Å². The molecule has 2 amide bonds. The topological polar surface area (TPSA) is 58.6 Å². The summed E-state index contributed by atoms with van der Waals surface area (Å²) in [6.45, 7) is 5.81. The molecule has 0 aliphatic rings. The molecule has 0 saturated carbocycles. The maximum Gasteiger partial charge on any atom is 0.242 e. The van der Waals surface area contributed by atoms with Crippen molar-refractivity contribution in [1.82, 2.24) is 10.2 Å². The number of carbonyl (C=O) groups is 2. The van der Waals surface area contributed by atoms with Crippen molar-refractivity contribution < 1.29 is 18.7 Å². The first-order valence-electron chi connectivity index (χ1n) is 9.85. The average molecular weight is 433 g/mol. The van der Waals surface area contributed by atoms with Gasteiger partial charge in [0.1, 0.15) is 17.6 Å². The zero-order chi connectivity index (χ0) is 22.1. The Kier molecular flexibility index (Phi) is 9.17. The molecule has 2 rings (SSSR count). The van der Waals surface area contributed by atoms with Gasteiger partial charge in [0, 0.05) is 18.3 Å². The van der Waals surface area contributed by atoms with Crippen molar-refractivity contribution in [3.8, 4) is 5.75 Å². The van der Waals surface area contributed by atoms with Gasteiger partial charge in [-0.2, -0.15) is 0 Å². The Hall–Kier alpha value is -2.54.